The van der Waals surface area contributed by atoms with Crippen molar-refractivity contribution in [2.75, 3.05) is 41.4 Å². The molecule has 1 saturated heterocycles. The molecule has 194 valence electrons. The molecule has 0 radical (unpaired) electrons. The molecule has 2 aromatic heterocycles. The third-order valence-corrected chi connectivity index (χ3v) is 6.11. The van der Waals surface area contributed by atoms with Crippen molar-refractivity contribution >= 4 is 23.4 Å². The Kier molecular flexibility index (Phi) is 6.56. The van der Waals surface area contributed by atoms with Crippen LogP contribution in [0.3, 0.4) is 0 Å². The zero-order valence-corrected chi connectivity index (χ0v) is 19.4. The third kappa shape index (κ3) is 5.13. The summed E-state index contributed by atoms with van der Waals surface area (Å²) >= 11 is 0. The second-order valence-corrected chi connectivity index (χ2v) is 8.68. The summed E-state index contributed by atoms with van der Waals surface area (Å²) in [6.45, 7) is 0.617. The Morgan fingerprint density at radius 3 is 2.81 bits per heavy atom. The number of hydrogen-bond acceptors (Lipinski definition) is 8. The minimum absolute atomic E-state index is 0.0705. The molecule has 1 fully saturated rings. The number of anilines is 3. The smallest absolute Gasteiger partial charge is 0.416 e. The summed E-state index contributed by atoms with van der Waals surface area (Å²) in [7, 11) is 0. The molecular weight excluding hydrogens is 493 g/mol. The van der Waals surface area contributed by atoms with Crippen molar-refractivity contribution in [1.82, 2.24) is 15.0 Å². The lowest BCUT2D eigenvalue weighted by molar-refractivity contribution is -0.137. The topological polar surface area (TPSA) is 124 Å². The number of nitrogens with one attached hydrogen (secondary N) is 1. The lowest BCUT2D eigenvalue weighted by Gasteiger charge is -2.35. The predicted molar refractivity (Wildman–Crippen MR) is 127 cm³/mol. The number of carbonyl (C=O) groups excluding carboxylic acids is 1. The first-order valence-electron chi connectivity index (χ1n) is 11.5. The Morgan fingerprint density at radius 1 is 1.22 bits per heavy atom. The van der Waals surface area contributed by atoms with Crippen LogP contribution in [0, 0.1) is 0 Å². The van der Waals surface area contributed by atoms with Crippen LogP contribution in [0.2, 0.25) is 0 Å². The van der Waals surface area contributed by atoms with Gasteiger partial charge in [0.15, 0.2) is 11.6 Å². The highest BCUT2D eigenvalue weighted by atomic mass is 19.4. The number of pyridine rings is 1. The Morgan fingerprint density at radius 2 is 2.03 bits per heavy atom. The van der Waals surface area contributed by atoms with Crippen LogP contribution >= 0.6 is 0 Å². The molecule has 0 aliphatic carbocycles. The Labute approximate surface area is 209 Å². The van der Waals surface area contributed by atoms with Gasteiger partial charge in [0.1, 0.15) is 18.5 Å². The van der Waals surface area contributed by atoms with E-state index in [0.29, 0.717) is 31.0 Å². The van der Waals surface area contributed by atoms with Crippen LogP contribution in [0.15, 0.2) is 48.7 Å². The van der Waals surface area contributed by atoms with E-state index in [-0.39, 0.29) is 35.7 Å². The van der Waals surface area contributed by atoms with E-state index in [2.05, 4.69) is 20.3 Å². The molecule has 2 amide bonds. The van der Waals surface area contributed by atoms with Gasteiger partial charge in [-0.05, 0) is 24.6 Å². The van der Waals surface area contributed by atoms with Gasteiger partial charge in [-0.3, -0.25) is 10.2 Å². The largest absolute Gasteiger partial charge is 0.475 e. The molecule has 2 aliphatic heterocycles. The number of hydrogen-bond donors (Lipinski definition) is 3. The predicted octanol–water partition coefficient (Wildman–Crippen LogP) is 2.92. The van der Waals surface area contributed by atoms with Crippen molar-refractivity contribution in [3.63, 3.8) is 0 Å². The van der Waals surface area contributed by atoms with Crippen LogP contribution in [0.25, 0.3) is 11.4 Å². The van der Waals surface area contributed by atoms with Gasteiger partial charge in [-0.25, -0.2) is 14.8 Å². The van der Waals surface area contributed by atoms with Crippen molar-refractivity contribution < 1.29 is 32.9 Å². The van der Waals surface area contributed by atoms with Gasteiger partial charge in [-0.2, -0.15) is 18.2 Å². The van der Waals surface area contributed by atoms with Gasteiger partial charge >= 0.3 is 12.2 Å². The maximum absolute atomic E-state index is 13.4. The minimum Gasteiger partial charge on any atom is -0.475 e. The molecule has 0 saturated carbocycles. The highest BCUT2D eigenvalue weighted by Crippen LogP contribution is 2.40. The lowest BCUT2D eigenvalue weighted by Crippen LogP contribution is -2.48. The summed E-state index contributed by atoms with van der Waals surface area (Å²) < 4.78 is 45.0. The molecule has 2 aliphatic rings. The van der Waals surface area contributed by atoms with Crippen molar-refractivity contribution in [3.05, 3.63) is 54.2 Å². The fraction of sp³-hybridized carbons (Fsp3) is 0.333. The van der Waals surface area contributed by atoms with E-state index < -0.39 is 30.5 Å². The van der Waals surface area contributed by atoms with Gasteiger partial charge in [0, 0.05) is 24.7 Å². The van der Waals surface area contributed by atoms with Gasteiger partial charge < -0.3 is 19.8 Å². The number of amides is 2. The maximum Gasteiger partial charge on any atom is 0.416 e. The molecule has 2 atom stereocenters. The van der Waals surface area contributed by atoms with E-state index in [4.69, 9.17) is 9.84 Å². The van der Waals surface area contributed by atoms with Gasteiger partial charge in [0.05, 0.1) is 30.1 Å². The molecule has 0 spiro atoms. The second-order valence-electron chi connectivity index (χ2n) is 8.68. The standard InChI is InChI=1S/C24H23F3N6O4/c25-24(26,27)15-4-1-3-14(9-15)21-28-10-18-22(31-21)33(16-7-8-32(18)11-16)23(36)30-19-5-2-6-20(29-19)37-13-17(35)12-34/h1-6,9-10,16-17,34-35H,7-8,11-13H2,(H,29,30,36)/t16-,17?/m0/s1. The highest BCUT2D eigenvalue weighted by Gasteiger charge is 2.41. The molecule has 37 heavy (non-hydrogen) atoms. The van der Waals surface area contributed by atoms with Gasteiger partial charge in [-0.15, -0.1) is 0 Å². The first-order valence-corrected chi connectivity index (χ1v) is 11.5. The van der Waals surface area contributed by atoms with Crippen LogP contribution in [0.4, 0.5) is 35.3 Å². The zero-order valence-electron chi connectivity index (χ0n) is 19.4. The third-order valence-electron chi connectivity index (χ3n) is 6.11. The highest BCUT2D eigenvalue weighted by molar-refractivity contribution is 6.04. The summed E-state index contributed by atoms with van der Waals surface area (Å²) in [4.78, 5) is 29.9. The Balaban J connectivity index is 1.42. The van der Waals surface area contributed by atoms with E-state index in [9.17, 15) is 23.1 Å². The van der Waals surface area contributed by atoms with Gasteiger partial charge in [0.2, 0.25) is 5.88 Å². The summed E-state index contributed by atoms with van der Waals surface area (Å²) in [5.41, 5.74) is -0.0189. The van der Waals surface area contributed by atoms with Crippen molar-refractivity contribution in [2.24, 2.45) is 0 Å². The number of halogens is 3. The molecule has 10 nitrogen and oxygen atoms in total. The van der Waals surface area contributed by atoms with Crippen molar-refractivity contribution in [3.8, 4) is 17.3 Å². The molecule has 4 heterocycles. The first-order chi connectivity index (χ1) is 17.7. The minimum atomic E-state index is -4.51. The van der Waals surface area contributed by atoms with E-state index in [0.717, 1.165) is 12.1 Å². The number of benzene rings is 1. The number of urea groups is 1. The second kappa shape index (κ2) is 9.82. The number of fused-ring (bicyclic) bond motifs is 4. The van der Waals surface area contributed by atoms with Crippen molar-refractivity contribution in [2.45, 2.75) is 24.7 Å². The zero-order chi connectivity index (χ0) is 26.2. The molecule has 3 aromatic rings. The summed E-state index contributed by atoms with van der Waals surface area (Å²) in [6.07, 6.45) is -3.37. The number of ether oxygens (including phenoxy) is 1. The van der Waals surface area contributed by atoms with Crippen LogP contribution in [0.5, 0.6) is 5.88 Å². The number of alkyl halides is 3. The average Bonchev–Trinajstić information content (AvgIpc) is 3.31. The fourth-order valence-corrected chi connectivity index (χ4v) is 4.32. The molecule has 1 aromatic carbocycles. The number of aliphatic hydroxyl groups excluding tert-OH is 2. The van der Waals surface area contributed by atoms with Crippen LogP contribution in [-0.4, -0.2) is 69.6 Å². The number of aromatic nitrogens is 3. The Hall–Kier alpha value is -3.97. The molecule has 13 heteroatoms. The number of nitrogens with zero attached hydrogens (tertiary/aromatic N) is 5. The van der Waals surface area contributed by atoms with Crippen LogP contribution in [0.1, 0.15) is 12.0 Å². The normalized spacial score (nSPS) is 17.4. The van der Waals surface area contributed by atoms with Crippen LogP contribution < -0.4 is 19.9 Å². The lowest BCUT2D eigenvalue weighted by atomic mass is 10.1. The molecular formula is C24H23F3N6O4. The first kappa shape index (κ1) is 24.7. The monoisotopic (exact) mass is 516 g/mol. The Bertz CT molecular complexity index is 1310. The molecule has 1 unspecified atom stereocenters. The number of carbonyl (C=O) groups is 1. The number of rotatable bonds is 6. The van der Waals surface area contributed by atoms with Crippen LogP contribution in [-0.2, 0) is 6.18 Å². The summed E-state index contributed by atoms with van der Waals surface area (Å²) in [5.74, 6) is 0.703. The van der Waals surface area contributed by atoms with E-state index >= 15 is 0 Å². The van der Waals surface area contributed by atoms with Gasteiger partial charge in [0.25, 0.3) is 0 Å². The van der Waals surface area contributed by atoms with E-state index in [1.165, 1.54) is 23.2 Å². The van der Waals surface area contributed by atoms with E-state index in [1.807, 2.05) is 4.90 Å². The van der Waals surface area contributed by atoms with E-state index in [1.54, 1.807) is 18.2 Å². The van der Waals surface area contributed by atoms with Crippen molar-refractivity contribution in [1.29, 1.82) is 0 Å². The number of aliphatic hydroxyl groups is 2. The fourth-order valence-electron chi connectivity index (χ4n) is 4.32. The molecule has 2 bridgehead atoms. The molecule has 5 rings (SSSR count). The quantitative estimate of drug-likeness (QED) is 0.457. The van der Waals surface area contributed by atoms with Gasteiger partial charge in [-0.1, -0.05) is 18.2 Å². The average molecular weight is 516 g/mol. The maximum atomic E-state index is 13.4. The summed E-state index contributed by atoms with van der Waals surface area (Å²) in [6, 6.07) is 8.74. The molecule has 3 N–H and O–H groups in total. The summed E-state index contributed by atoms with van der Waals surface area (Å²) in [5, 5.41) is 21.1. The SMILES string of the molecule is O=C(Nc1cccc(OCC(O)CO)n1)N1c2nc(-c3cccc(C(F)(F)F)c3)ncc2N2CC[C@H]1C2.